The molecule has 0 aliphatic rings. The fourth-order valence-electron chi connectivity index (χ4n) is 1.57. The molecule has 2 aromatic rings. The predicted molar refractivity (Wildman–Crippen MR) is 69.7 cm³/mol. The lowest BCUT2D eigenvalue weighted by Gasteiger charge is -2.05. The van der Waals surface area contributed by atoms with Crippen molar-refractivity contribution in [3.8, 4) is 11.3 Å². The highest BCUT2D eigenvalue weighted by atomic mass is 35.5. The molecule has 0 aliphatic carbocycles. The summed E-state index contributed by atoms with van der Waals surface area (Å²) in [7, 11) is 1.29. The smallest absolute Gasteiger partial charge is 0.356 e. The largest absolute Gasteiger partial charge is 0.464 e. The minimum atomic E-state index is -0.526. The Kier molecular flexibility index (Phi) is 4.09. The van der Waals surface area contributed by atoms with Crippen molar-refractivity contribution in [2.24, 2.45) is 0 Å². The molecule has 19 heavy (non-hydrogen) atoms. The topological polar surface area (TPSA) is 72.3 Å². The van der Waals surface area contributed by atoms with Gasteiger partial charge in [-0.1, -0.05) is 23.7 Å². The first kappa shape index (κ1) is 13.5. The molecule has 1 aromatic heterocycles. The monoisotopic (exact) mass is 278 g/mol. The molecule has 1 aromatic carbocycles. The first-order valence-corrected chi connectivity index (χ1v) is 5.83. The van der Waals surface area contributed by atoms with E-state index in [-0.39, 0.29) is 12.3 Å². The van der Waals surface area contributed by atoms with E-state index in [4.69, 9.17) is 16.7 Å². The lowest BCUT2D eigenvalue weighted by atomic mass is 10.1. The van der Waals surface area contributed by atoms with Crippen molar-refractivity contribution < 1.29 is 14.6 Å². The molecule has 0 atom stereocenters. The standard InChI is InChI=1S/C13H11ClN2O3/c1-19-13(18)12-5-11(15-7-16-12)8-2-3-9(6-17)10(14)4-8/h2-5,7,17H,6H2,1H3. The molecule has 0 fully saturated rings. The molecule has 0 unspecified atom stereocenters. The van der Waals surface area contributed by atoms with Crippen molar-refractivity contribution in [3.63, 3.8) is 0 Å². The summed E-state index contributed by atoms with van der Waals surface area (Å²) in [6.45, 7) is -0.129. The Hall–Kier alpha value is -1.98. The summed E-state index contributed by atoms with van der Waals surface area (Å²) < 4.78 is 4.60. The summed E-state index contributed by atoms with van der Waals surface area (Å²) in [5, 5.41) is 9.50. The second kappa shape index (κ2) is 5.77. The van der Waals surface area contributed by atoms with Gasteiger partial charge in [0.25, 0.3) is 0 Å². The van der Waals surface area contributed by atoms with Crippen LogP contribution in [-0.2, 0) is 11.3 Å². The van der Waals surface area contributed by atoms with E-state index in [2.05, 4.69) is 14.7 Å². The maximum atomic E-state index is 11.4. The third-order valence-electron chi connectivity index (χ3n) is 2.58. The normalized spacial score (nSPS) is 10.3. The second-order valence-electron chi connectivity index (χ2n) is 3.74. The fraction of sp³-hybridized carbons (Fsp3) is 0.154. The number of methoxy groups -OCH3 is 1. The molecule has 0 saturated heterocycles. The van der Waals surface area contributed by atoms with Crippen molar-refractivity contribution in [2.75, 3.05) is 7.11 Å². The Labute approximate surface area is 114 Å². The maximum Gasteiger partial charge on any atom is 0.356 e. The molecule has 0 bridgehead atoms. The highest BCUT2D eigenvalue weighted by Gasteiger charge is 2.10. The van der Waals surface area contributed by atoms with E-state index in [9.17, 15) is 4.79 Å². The van der Waals surface area contributed by atoms with Crippen LogP contribution in [-0.4, -0.2) is 28.2 Å². The molecule has 6 heteroatoms. The van der Waals surface area contributed by atoms with E-state index in [1.165, 1.54) is 19.5 Å². The Morgan fingerprint density at radius 1 is 1.37 bits per heavy atom. The molecule has 2 rings (SSSR count). The summed E-state index contributed by atoms with van der Waals surface area (Å²) in [4.78, 5) is 19.3. The van der Waals surface area contributed by atoms with Crippen LogP contribution in [0.1, 0.15) is 16.1 Å². The number of halogens is 1. The molecule has 98 valence electrons. The number of carbonyl (C=O) groups is 1. The molecule has 0 spiro atoms. The number of carbonyl (C=O) groups excluding carboxylic acids is 1. The number of rotatable bonds is 3. The summed E-state index contributed by atoms with van der Waals surface area (Å²) in [5.74, 6) is -0.526. The van der Waals surface area contributed by atoms with Crippen LogP contribution in [0.3, 0.4) is 0 Å². The zero-order valence-corrected chi connectivity index (χ0v) is 10.9. The van der Waals surface area contributed by atoms with Crippen molar-refractivity contribution >= 4 is 17.6 Å². The van der Waals surface area contributed by atoms with Gasteiger partial charge in [0, 0.05) is 10.6 Å². The first-order chi connectivity index (χ1) is 9.15. The van der Waals surface area contributed by atoms with Gasteiger partial charge in [0.15, 0.2) is 5.69 Å². The Morgan fingerprint density at radius 2 is 2.16 bits per heavy atom. The van der Waals surface area contributed by atoms with Crippen LogP contribution in [0.15, 0.2) is 30.6 Å². The summed E-state index contributed by atoms with van der Waals surface area (Å²) >= 11 is 6.01. The number of aromatic nitrogens is 2. The van der Waals surface area contributed by atoms with Crippen LogP contribution in [0.25, 0.3) is 11.3 Å². The zero-order valence-electron chi connectivity index (χ0n) is 10.1. The van der Waals surface area contributed by atoms with Crippen molar-refractivity contribution in [2.45, 2.75) is 6.61 Å². The maximum absolute atomic E-state index is 11.4. The average molecular weight is 279 g/mol. The van der Waals surface area contributed by atoms with Crippen LogP contribution in [0, 0.1) is 0 Å². The predicted octanol–water partition coefficient (Wildman–Crippen LogP) is 2.08. The Balaban J connectivity index is 2.41. The minimum absolute atomic E-state index is 0.129. The van der Waals surface area contributed by atoms with E-state index < -0.39 is 5.97 Å². The molecule has 5 nitrogen and oxygen atoms in total. The van der Waals surface area contributed by atoms with E-state index in [1.54, 1.807) is 18.2 Å². The Bertz CT molecular complexity index is 617. The zero-order chi connectivity index (χ0) is 13.8. The number of esters is 1. The van der Waals surface area contributed by atoms with Crippen molar-refractivity contribution in [1.29, 1.82) is 0 Å². The third-order valence-corrected chi connectivity index (χ3v) is 2.93. The van der Waals surface area contributed by atoms with Crippen LogP contribution in [0.4, 0.5) is 0 Å². The number of ether oxygens (including phenoxy) is 1. The molecular weight excluding hydrogens is 268 g/mol. The average Bonchev–Trinajstić information content (AvgIpc) is 2.46. The van der Waals surface area contributed by atoms with Gasteiger partial charge in [-0.15, -0.1) is 0 Å². The van der Waals surface area contributed by atoms with E-state index in [0.717, 1.165) is 5.56 Å². The molecule has 1 N–H and O–H groups in total. The van der Waals surface area contributed by atoms with Crippen LogP contribution in [0.2, 0.25) is 5.02 Å². The van der Waals surface area contributed by atoms with Crippen molar-refractivity contribution in [1.82, 2.24) is 9.97 Å². The molecule has 1 heterocycles. The van der Waals surface area contributed by atoms with Gasteiger partial charge in [0.05, 0.1) is 19.4 Å². The van der Waals surface area contributed by atoms with Gasteiger partial charge in [-0.05, 0) is 17.7 Å². The number of nitrogens with zero attached hydrogens (tertiary/aromatic N) is 2. The number of benzene rings is 1. The minimum Gasteiger partial charge on any atom is -0.464 e. The molecule has 0 aliphatic heterocycles. The quantitative estimate of drug-likeness (QED) is 0.870. The van der Waals surface area contributed by atoms with E-state index in [1.807, 2.05) is 0 Å². The number of aliphatic hydroxyl groups is 1. The van der Waals surface area contributed by atoms with Crippen molar-refractivity contribution in [3.05, 3.63) is 46.9 Å². The van der Waals surface area contributed by atoms with E-state index >= 15 is 0 Å². The number of hydrogen-bond acceptors (Lipinski definition) is 5. The van der Waals surface area contributed by atoms with Gasteiger partial charge in [0.2, 0.25) is 0 Å². The first-order valence-electron chi connectivity index (χ1n) is 5.45. The van der Waals surface area contributed by atoms with Gasteiger partial charge >= 0.3 is 5.97 Å². The number of aliphatic hydroxyl groups excluding tert-OH is 1. The molecule has 0 amide bonds. The summed E-state index contributed by atoms with van der Waals surface area (Å²) in [6.07, 6.45) is 1.29. The summed E-state index contributed by atoms with van der Waals surface area (Å²) in [5.41, 5.74) is 2.10. The molecule has 0 saturated carbocycles. The highest BCUT2D eigenvalue weighted by molar-refractivity contribution is 6.31. The van der Waals surface area contributed by atoms with Crippen LogP contribution < -0.4 is 0 Å². The lowest BCUT2D eigenvalue weighted by Crippen LogP contribution is -2.04. The van der Waals surface area contributed by atoms with Gasteiger partial charge in [-0.3, -0.25) is 0 Å². The second-order valence-corrected chi connectivity index (χ2v) is 4.15. The van der Waals surface area contributed by atoms with Gasteiger partial charge < -0.3 is 9.84 Å². The number of hydrogen-bond donors (Lipinski definition) is 1. The molecule has 0 radical (unpaired) electrons. The van der Waals surface area contributed by atoms with Crippen LogP contribution >= 0.6 is 11.6 Å². The third kappa shape index (κ3) is 2.89. The van der Waals surface area contributed by atoms with Crippen LogP contribution in [0.5, 0.6) is 0 Å². The SMILES string of the molecule is COC(=O)c1cc(-c2ccc(CO)c(Cl)c2)ncn1. The fourth-order valence-corrected chi connectivity index (χ4v) is 1.81. The van der Waals surface area contributed by atoms with Gasteiger partial charge in [0.1, 0.15) is 6.33 Å². The molecular formula is C13H11ClN2O3. The lowest BCUT2D eigenvalue weighted by molar-refractivity contribution is 0.0594. The summed E-state index contributed by atoms with van der Waals surface area (Å²) in [6, 6.07) is 6.67. The van der Waals surface area contributed by atoms with Gasteiger partial charge in [-0.25, -0.2) is 14.8 Å². The highest BCUT2D eigenvalue weighted by Crippen LogP contribution is 2.24. The van der Waals surface area contributed by atoms with Gasteiger partial charge in [-0.2, -0.15) is 0 Å². The van der Waals surface area contributed by atoms with E-state index in [0.29, 0.717) is 16.3 Å². The Morgan fingerprint density at radius 3 is 2.79 bits per heavy atom.